The molecule has 0 aliphatic heterocycles. The Morgan fingerprint density at radius 3 is 2.47 bits per heavy atom. The SMILES string of the molecule is CC(C)(N)CC(=O)N[C@H](CO)c1ccccc1. The minimum Gasteiger partial charge on any atom is -0.394 e. The summed E-state index contributed by atoms with van der Waals surface area (Å²) in [5.41, 5.74) is 6.12. The average molecular weight is 236 g/mol. The van der Waals surface area contributed by atoms with Crippen molar-refractivity contribution in [3.63, 3.8) is 0 Å². The van der Waals surface area contributed by atoms with Crippen molar-refractivity contribution in [2.45, 2.75) is 31.8 Å². The third-order valence-corrected chi connectivity index (χ3v) is 2.34. The predicted molar refractivity (Wildman–Crippen MR) is 67.3 cm³/mol. The second-order valence-electron chi connectivity index (χ2n) is 4.88. The van der Waals surface area contributed by atoms with Crippen LogP contribution in [0.2, 0.25) is 0 Å². The molecule has 94 valence electrons. The van der Waals surface area contributed by atoms with Gasteiger partial charge in [-0.25, -0.2) is 0 Å². The number of carbonyl (C=O) groups excluding carboxylic acids is 1. The van der Waals surface area contributed by atoms with E-state index >= 15 is 0 Å². The van der Waals surface area contributed by atoms with Crippen LogP contribution in [-0.2, 0) is 4.79 Å². The molecule has 4 nitrogen and oxygen atoms in total. The summed E-state index contributed by atoms with van der Waals surface area (Å²) >= 11 is 0. The number of hydrogen-bond acceptors (Lipinski definition) is 3. The van der Waals surface area contributed by atoms with Crippen molar-refractivity contribution in [3.8, 4) is 0 Å². The molecule has 1 rings (SSSR count). The fourth-order valence-electron chi connectivity index (χ4n) is 1.58. The van der Waals surface area contributed by atoms with E-state index < -0.39 is 5.54 Å². The number of amides is 1. The number of carbonyl (C=O) groups is 1. The van der Waals surface area contributed by atoms with Crippen molar-refractivity contribution < 1.29 is 9.90 Å². The smallest absolute Gasteiger partial charge is 0.222 e. The summed E-state index contributed by atoms with van der Waals surface area (Å²) in [6, 6.07) is 9.01. The molecule has 0 aromatic heterocycles. The van der Waals surface area contributed by atoms with Gasteiger partial charge in [0.25, 0.3) is 0 Å². The lowest BCUT2D eigenvalue weighted by atomic mass is 10.0. The summed E-state index contributed by atoms with van der Waals surface area (Å²) in [7, 11) is 0. The van der Waals surface area contributed by atoms with Crippen LogP contribution in [0.1, 0.15) is 31.9 Å². The average Bonchev–Trinajstić information content (AvgIpc) is 2.24. The number of nitrogens with one attached hydrogen (secondary N) is 1. The van der Waals surface area contributed by atoms with Gasteiger partial charge in [-0.1, -0.05) is 30.3 Å². The monoisotopic (exact) mass is 236 g/mol. The van der Waals surface area contributed by atoms with Gasteiger partial charge in [-0.3, -0.25) is 4.79 Å². The Morgan fingerprint density at radius 2 is 2.00 bits per heavy atom. The first kappa shape index (κ1) is 13.7. The van der Waals surface area contributed by atoms with E-state index in [-0.39, 0.29) is 25.0 Å². The van der Waals surface area contributed by atoms with Gasteiger partial charge in [0.2, 0.25) is 5.91 Å². The lowest BCUT2D eigenvalue weighted by Crippen LogP contribution is -2.40. The van der Waals surface area contributed by atoms with Gasteiger partial charge in [-0.2, -0.15) is 0 Å². The zero-order valence-corrected chi connectivity index (χ0v) is 10.3. The molecule has 0 saturated carbocycles. The van der Waals surface area contributed by atoms with Crippen molar-refractivity contribution in [3.05, 3.63) is 35.9 Å². The largest absolute Gasteiger partial charge is 0.394 e. The molecule has 4 heteroatoms. The van der Waals surface area contributed by atoms with Crippen LogP contribution in [-0.4, -0.2) is 23.2 Å². The van der Waals surface area contributed by atoms with E-state index in [1.165, 1.54) is 0 Å². The van der Waals surface area contributed by atoms with Crippen LogP contribution in [0.15, 0.2) is 30.3 Å². The number of hydrogen-bond donors (Lipinski definition) is 3. The minimum atomic E-state index is -0.541. The van der Waals surface area contributed by atoms with E-state index in [0.717, 1.165) is 5.56 Å². The van der Waals surface area contributed by atoms with Crippen molar-refractivity contribution in [2.24, 2.45) is 5.73 Å². The molecular weight excluding hydrogens is 216 g/mol. The van der Waals surface area contributed by atoms with Gasteiger partial charge in [0.15, 0.2) is 0 Å². The molecule has 17 heavy (non-hydrogen) atoms. The standard InChI is InChI=1S/C13H20N2O2/c1-13(2,14)8-12(17)15-11(9-16)10-6-4-3-5-7-10/h3-7,11,16H,8-9,14H2,1-2H3,(H,15,17)/t11-/m1/s1. The molecule has 0 spiro atoms. The van der Waals surface area contributed by atoms with Crippen molar-refractivity contribution >= 4 is 5.91 Å². The van der Waals surface area contributed by atoms with Gasteiger partial charge in [0.1, 0.15) is 0 Å². The van der Waals surface area contributed by atoms with Gasteiger partial charge in [0.05, 0.1) is 12.6 Å². The van der Waals surface area contributed by atoms with Crippen LogP contribution in [0, 0.1) is 0 Å². The highest BCUT2D eigenvalue weighted by atomic mass is 16.3. The van der Waals surface area contributed by atoms with E-state index in [0.29, 0.717) is 0 Å². The maximum atomic E-state index is 11.7. The Bertz CT molecular complexity index is 357. The van der Waals surface area contributed by atoms with E-state index in [9.17, 15) is 9.90 Å². The molecule has 0 aliphatic rings. The minimum absolute atomic E-state index is 0.124. The lowest BCUT2D eigenvalue weighted by Gasteiger charge is -2.21. The Kier molecular flexibility index (Phi) is 4.66. The number of nitrogens with two attached hydrogens (primary N) is 1. The van der Waals surface area contributed by atoms with Crippen molar-refractivity contribution in [1.82, 2.24) is 5.32 Å². The molecule has 1 atom stereocenters. The Hall–Kier alpha value is -1.39. The Morgan fingerprint density at radius 1 is 1.41 bits per heavy atom. The molecular formula is C13H20N2O2. The quantitative estimate of drug-likeness (QED) is 0.713. The van der Waals surface area contributed by atoms with Crippen LogP contribution in [0.5, 0.6) is 0 Å². The number of aliphatic hydroxyl groups is 1. The first-order valence-electron chi connectivity index (χ1n) is 5.66. The molecule has 0 bridgehead atoms. The highest BCUT2D eigenvalue weighted by Crippen LogP contribution is 2.12. The molecule has 0 aliphatic carbocycles. The molecule has 4 N–H and O–H groups in total. The van der Waals surface area contributed by atoms with Crippen LogP contribution >= 0.6 is 0 Å². The second-order valence-corrected chi connectivity index (χ2v) is 4.88. The molecule has 0 unspecified atom stereocenters. The third kappa shape index (κ3) is 4.97. The predicted octanol–water partition coefficient (Wildman–Crippen LogP) is 0.964. The van der Waals surface area contributed by atoms with Crippen LogP contribution in [0.25, 0.3) is 0 Å². The van der Waals surface area contributed by atoms with E-state index in [2.05, 4.69) is 5.32 Å². The highest BCUT2D eigenvalue weighted by Gasteiger charge is 2.19. The Labute approximate surface area is 102 Å². The summed E-state index contributed by atoms with van der Waals surface area (Å²) in [4.78, 5) is 11.7. The Balaban J connectivity index is 2.62. The summed E-state index contributed by atoms with van der Waals surface area (Å²) < 4.78 is 0. The van der Waals surface area contributed by atoms with Crippen LogP contribution < -0.4 is 11.1 Å². The molecule has 0 fully saturated rings. The topological polar surface area (TPSA) is 75.4 Å². The summed E-state index contributed by atoms with van der Waals surface area (Å²) in [6.07, 6.45) is 0.232. The van der Waals surface area contributed by atoms with Crippen molar-refractivity contribution in [1.29, 1.82) is 0 Å². The van der Waals surface area contributed by atoms with Crippen molar-refractivity contribution in [2.75, 3.05) is 6.61 Å². The van der Waals surface area contributed by atoms with Crippen LogP contribution in [0.3, 0.4) is 0 Å². The third-order valence-electron chi connectivity index (χ3n) is 2.34. The summed E-state index contributed by atoms with van der Waals surface area (Å²) in [6.45, 7) is 3.47. The molecule has 1 aromatic rings. The number of benzene rings is 1. The van der Waals surface area contributed by atoms with E-state index in [4.69, 9.17) is 5.73 Å². The molecule has 0 saturated heterocycles. The number of aliphatic hydroxyl groups excluding tert-OH is 1. The van der Waals surface area contributed by atoms with Gasteiger partial charge in [-0.05, 0) is 19.4 Å². The van der Waals surface area contributed by atoms with E-state index in [1.54, 1.807) is 13.8 Å². The van der Waals surface area contributed by atoms with Gasteiger partial charge >= 0.3 is 0 Å². The van der Waals surface area contributed by atoms with E-state index in [1.807, 2.05) is 30.3 Å². The van der Waals surface area contributed by atoms with Gasteiger partial charge < -0.3 is 16.2 Å². The maximum absolute atomic E-state index is 11.7. The zero-order chi connectivity index (χ0) is 12.9. The second kappa shape index (κ2) is 5.80. The maximum Gasteiger partial charge on any atom is 0.222 e. The molecule has 0 radical (unpaired) electrons. The molecule has 0 heterocycles. The molecule has 1 amide bonds. The normalized spacial score (nSPS) is 13.2. The molecule has 1 aromatic carbocycles. The highest BCUT2D eigenvalue weighted by molar-refractivity contribution is 5.77. The summed E-state index contributed by atoms with van der Waals surface area (Å²) in [5.74, 6) is -0.152. The zero-order valence-electron chi connectivity index (χ0n) is 10.3. The van der Waals surface area contributed by atoms with Gasteiger partial charge in [0, 0.05) is 12.0 Å². The lowest BCUT2D eigenvalue weighted by molar-refractivity contribution is -0.123. The fourth-order valence-corrected chi connectivity index (χ4v) is 1.58. The number of rotatable bonds is 5. The van der Waals surface area contributed by atoms with Crippen LogP contribution in [0.4, 0.5) is 0 Å². The first-order chi connectivity index (χ1) is 7.92. The summed E-state index contributed by atoms with van der Waals surface area (Å²) in [5, 5.41) is 12.1. The fraction of sp³-hybridized carbons (Fsp3) is 0.462. The van der Waals surface area contributed by atoms with Gasteiger partial charge in [-0.15, -0.1) is 0 Å². The first-order valence-corrected chi connectivity index (χ1v) is 5.66.